The predicted octanol–water partition coefficient (Wildman–Crippen LogP) is 8.87. The second-order valence-electron chi connectivity index (χ2n) is 14.6. The van der Waals surface area contributed by atoms with Crippen molar-refractivity contribution in [3.8, 4) is 5.75 Å². The fourth-order valence-electron chi connectivity index (χ4n) is 9.07. The molecule has 2 aromatic carbocycles. The Hall–Kier alpha value is -5.10. The average molecular weight is 914 g/mol. The SMILES string of the molecule is CN(c1nc(C(F)(F)F)ccc1Cl)N1C(=O)C2CC=C3C(CC4C(=O)N(Nc5ncc(C(F)(F)F)cc5Cl)C(=O)C4(c4ccc(Cl)cc4)C3c3ccc(O)cc3Cl)C2C1=O. The molecule has 4 aliphatic rings. The van der Waals surface area contributed by atoms with Crippen molar-refractivity contribution < 1.29 is 50.6 Å². The van der Waals surface area contributed by atoms with E-state index in [0.717, 1.165) is 18.1 Å². The lowest BCUT2D eigenvalue weighted by atomic mass is 9.49. The minimum atomic E-state index is -4.89. The van der Waals surface area contributed by atoms with E-state index in [4.69, 9.17) is 46.4 Å². The smallest absolute Gasteiger partial charge is 0.433 e. The van der Waals surface area contributed by atoms with Crippen LogP contribution in [0.4, 0.5) is 38.0 Å². The minimum absolute atomic E-state index is 0.0460. The van der Waals surface area contributed by atoms with Crippen LogP contribution in [0, 0.1) is 23.7 Å². The van der Waals surface area contributed by atoms with Crippen LogP contribution in [-0.4, -0.2) is 55.8 Å². The maximum absolute atomic E-state index is 15.3. The number of imide groups is 2. The molecule has 60 heavy (non-hydrogen) atoms. The van der Waals surface area contributed by atoms with Crippen LogP contribution >= 0.6 is 46.4 Å². The lowest BCUT2D eigenvalue weighted by Gasteiger charge is -2.50. The highest BCUT2D eigenvalue weighted by Crippen LogP contribution is 2.65. The Kier molecular flexibility index (Phi) is 10.1. The molecule has 6 atom stereocenters. The number of fused-ring (bicyclic) bond motifs is 4. The van der Waals surface area contributed by atoms with E-state index >= 15 is 4.79 Å². The van der Waals surface area contributed by atoms with Gasteiger partial charge in [0.15, 0.2) is 11.6 Å². The molecule has 4 amide bonds. The molecule has 2 N–H and O–H groups in total. The van der Waals surface area contributed by atoms with Gasteiger partial charge in [0, 0.05) is 29.2 Å². The van der Waals surface area contributed by atoms with E-state index in [0.29, 0.717) is 33.9 Å². The third kappa shape index (κ3) is 6.43. The van der Waals surface area contributed by atoms with Gasteiger partial charge in [-0.15, -0.1) is 0 Å². The van der Waals surface area contributed by atoms with E-state index in [9.17, 15) is 45.8 Å². The highest BCUT2D eigenvalue weighted by Gasteiger charge is 2.71. The molecule has 0 radical (unpaired) electrons. The highest BCUT2D eigenvalue weighted by atomic mass is 35.5. The number of anilines is 2. The van der Waals surface area contributed by atoms with Crippen molar-refractivity contribution in [2.45, 2.75) is 36.5 Å². The van der Waals surface area contributed by atoms with Gasteiger partial charge in [0.1, 0.15) is 11.4 Å². The Morgan fingerprint density at radius 3 is 2.17 bits per heavy atom. The van der Waals surface area contributed by atoms with Crippen LogP contribution in [0.1, 0.15) is 41.1 Å². The van der Waals surface area contributed by atoms with E-state index < -0.39 is 98.9 Å². The number of aromatic nitrogens is 2. The molecule has 21 heteroatoms. The molecule has 312 valence electrons. The van der Waals surface area contributed by atoms with Crippen molar-refractivity contribution >= 4 is 81.7 Å². The fraction of sp³-hybridized carbons (Fsp3) is 0.282. The number of rotatable bonds is 6. The van der Waals surface area contributed by atoms with Crippen molar-refractivity contribution in [3.05, 3.63) is 121 Å². The molecular formula is C39H26Cl4F6N6O5. The Labute approximate surface area is 355 Å². The summed E-state index contributed by atoms with van der Waals surface area (Å²) in [5, 5.41) is 11.8. The average Bonchev–Trinajstić information content (AvgIpc) is 3.55. The first-order valence-electron chi connectivity index (χ1n) is 17.8. The van der Waals surface area contributed by atoms with Gasteiger partial charge in [-0.25, -0.2) is 9.97 Å². The van der Waals surface area contributed by atoms with Gasteiger partial charge >= 0.3 is 12.4 Å². The zero-order valence-corrected chi connectivity index (χ0v) is 33.3. The topological polar surface area (TPSA) is 136 Å². The Morgan fingerprint density at radius 2 is 1.53 bits per heavy atom. The van der Waals surface area contributed by atoms with Gasteiger partial charge in [-0.2, -0.15) is 36.4 Å². The number of pyridine rings is 2. The summed E-state index contributed by atoms with van der Waals surface area (Å²) < 4.78 is 81.6. The van der Waals surface area contributed by atoms with Gasteiger partial charge in [-0.3, -0.25) is 29.6 Å². The Bertz CT molecular complexity index is 2540. The number of allylic oxidation sites excluding steroid dienone is 2. The molecule has 6 unspecified atom stereocenters. The number of halogens is 10. The number of alkyl halides is 6. The number of phenolic OH excluding ortho intramolecular Hbond substituents is 1. The summed E-state index contributed by atoms with van der Waals surface area (Å²) in [4.78, 5) is 66.3. The molecule has 2 aliphatic heterocycles. The summed E-state index contributed by atoms with van der Waals surface area (Å²) in [5.41, 5.74) is -1.05. The number of benzene rings is 2. The second kappa shape index (κ2) is 14.5. The van der Waals surface area contributed by atoms with Crippen LogP contribution in [0.15, 0.2) is 78.5 Å². The molecule has 4 aromatic rings. The number of hydrogen-bond donors (Lipinski definition) is 2. The first kappa shape index (κ1) is 41.6. The van der Waals surface area contributed by atoms with Crippen LogP contribution in [0.25, 0.3) is 0 Å². The maximum Gasteiger partial charge on any atom is 0.433 e. The second-order valence-corrected chi connectivity index (χ2v) is 16.3. The van der Waals surface area contributed by atoms with Gasteiger partial charge in [0.05, 0.1) is 38.8 Å². The lowest BCUT2D eigenvalue weighted by molar-refractivity contribution is -0.142. The predicted molar refractivity (Wildman–Crippen MR) is 204 cm³/mol. The number of amides is 4. The van der Waals surface area contributed by atoms with Crippen molar-refractivity contribution in [1.82, 2.24) is 20.0 Å². The fourth-order valence-corrected chi connectivity index (χ4v) is 9.91. The van der Waals surface area contributed by atoms with Gasteiger partial charge in [-0.1, -0.05) is 76.3 Å². The van der Waals surface area contributed by atoms with Gasteiger partial charge in [0.25, 0.3) is 23.6 Å². The van der Waals surface area contributed by atoms with Crippen molar-refractivity contribution in [2.24, 2.45) is 23.7 Å². The normalized spacial score (nSPS) is 25.2. The molecule has 11 nitrogen and oxygen atoms in total. The monoisotopic (exact) mass is 912 g/mol. The number of carbonyl (C=O) groups is 4. The van der Waals surface area contributed by atoms with E-state index in [1.54, 1.807) is 6.08 Å². The summed E-state index contributed by atoms with van der Waals surface area (Å²) in [6, 6.07) is 12.1. The molecule has 4 heterocycles. The molecule has 0 bridgehead atoms. The molecule has 2 aromatic heterocycles. The Balaban J connectivity index is 1.28. The number of hydrogen-bond acceptors (Lipinski definition) is 9. The molecule has 3 fully saturated rings. The first-order valence-corrected chi connectivity index (χ1v) is 19.3. The number of nitrogens with one attached hydrogen (secondary N) is 1. The van der Waals surface area contributed by atoms with Crippen molar-refractivity contribution in [3.63, 3.8) is 0 Å². The standard InChI is InChI=1S/C39H26Cl4F6N6O5/c1-53(32-25(41)10-11-28(51-32)39(47,48)49)55-33(57)22-9-8-20-23(29(22)35(55)59)14-24-34(58)54(52-31-27(43)12-17(15-50-31)38(44,45)46)36(60)37(24,16-2-4-18(40)5-3-16)30(20)21-7-6-19(56)13-26(21)42/h2-8,10-13,15,22-24,29-30,56H,9,14H2,1H3,(H,50,52). The number of nitrogens with zero attached hydrogens (tertiary/aromatic N) is 5. The Morgan fingerprint density at radius 1 is 0.833 bits per heavy atom. The molecule has 1 saturated carbocycles. The summed E-state index contributed by atoms with van der Waals surface area (Å²) in [6.45, 7) is 0. The molecule has 0 spiro atoms. The number of hydrazine groups is 2. The van der Waals surface area contributed by atoms with Crippen LogP contribution in [0.3, 0.4) is 0 Å². The molecule has 2 aliphatic carbocycles. The van der Waals surface area contributed by atoms with E-state index in [1.165, 1.54) is 42.5 Å². The van der Waals surface area contributed by atoms with E-state index in [-0.39, 0.29) is 44.8 Å². The summed E-state index contributed by atoms with van der Waals surface area (Å²) in [7, 11) is 1.16. The van der Waals surface area contributed by atoms with Crippen LogP contribution in [0.2, 0.25) is 20.1 Å². The van der Waals surface area contributed by atoms with E-state index in [2.05, 4.69) is 15.4 Å². The lowest BCUT2D eigenvalue weighted by Crippen LogP contribution is -2.53. The molecular weight excluding hydrogens is 888 g/mol. The number of phenols is 1. The summed E-state index contributed by atoms with van der Waals surface area (Å²) in [5.74, 6) is -10.6. The van der Waals surface area contributed by atoms with Crippen LogP contribution in [0.5, 0.6) is 5.75 Å². The minimum Gasteiger partial charge on any atom is -0.508 e. The quantitative estimate of drug-likeness (QED) is 0.111. The van der Waals surface area contributed by atoms with Gasteiger partial charge in [0.2, 0.25) is 0 Å². The summed E-state index contributed by atoms with van der Waals surface area (Å²) in [6.07, 6.45) is -7.94. The first-order chi connectivity index (χ1) is 28.2. The van der Waals surface area contributed by atoms with Crippen molar-refractivity contribution in [2.75, 3.05) is 17.5 Å². The van der Waals surface area contributed by atoms with Gasteiger partial charge in [-0.05, 0) is 72.4 Å². The highest BCUT2D eigenvalue weighted by molar-refractivity contribution is 6.34. The largest absolute Gasteiger partial charge is 0.508 e. The van der Waals surface area contributed by atoms with E-state index in [1.807, 2.05) is 0 Å². The van der Waals surface area contributed by atoms with Gasteiger partial charge < -0.3 is 5.11 Å². The van der Waals surface area contributed by atoms with Crippen LogP contribution in [-0.2, 0) is 36.9 Å². The van der Waals surface area contributed by atoms with Crippen molar-refractivity contribution in [1.29, 1.82) is 0 Å². The maximum atomic E-state index is 15.3. The zero-order valence-electron chi connectivity index (χ0n) is 30.3. The third-order valence-electron chi connectivity index (χ3n) is 11.6. The van der Waals surface area contributed by atoms with Crippen LogP contribution < -0.4 is 10.4 Å². The summed E-state index contributed by atoms with van der Waals surface area (Å²) >= 11 is 25.6. The number of carbonyl (C=O) groups excluding carboxylic acids is 4. The zero-order chi connectivity index (χ0) is 43.4. The molecule has 8 rings (SSSR count). The third-order valence-corrected chi connectivity index (χ3v) is 12.7. The number of aromatic hydroxyl groups is 1. The molecule has 2 saturated heterocycles.